The normalized spacial score (nSPS) is 18.6. The van der Waals surface area contributed by atoms with Crippen molar-refractivity contribution in [2.24, 2.45) is 10.7 Å². The molecule has 21 heavy (non-hydrogen) atoms. The lowest BCUT2D eigenvalue weighted by Gasteiger charge is -2.23. The number of benzene rings is 1. The summed E-state index contributed by atoms with van der Waals surface area (Å²) in [6.07, 6.45) is 0.376. The third-order valence-electron chi connectivity index (χ3n) is 2.89. The number of carbonyl (C=O) groups is 1. The number of rotatable bonds is 2. The Morgan fingerprint density at radius 1 is 1.38 bits per heavy atom. The Morgan fingerprint density at radius 3 is 2.62 bits per heavy atom. The lowest BCUT2D eigenvalue weighted by atomic mass is 10.0. The summed E-state index contributed by atoms with van der Waals surface area (Å²) in [5.74, 6) is 0.862. The van der Waals surface area contributed by atoms with Gasteiger partial charge >= 0.3 is 12.2 Å². The minimum atomic E-state index is -4.72. The Balaban J connectivity index is 2.50. The number of urea groups is 1. The van der Waals surface area contributed by atoms with Crippen LogP contribution in [0.25, 0.3) is 0 Å². The van der Waals surface area contributed by atoms with E-state index in [4.69, 9.17) is 12.2 Å². The van der Waals surface area contributed by atoms with E-state index in [1.54, 1.807) is 0 Å². The first kappa shape index (κ1) is 14.8. The molecule has 0 fully saturated rings. The number of aliphatic imine (C=N–C) groups is 1. The van der Waals surface area contributed by atoms with Crippen LogP contribution in [-0.4, -0.2) is 23.3 Å². The predicted octanol–water partition coefficient (Wildman–Crippen LogP) is 2.31. The topological polar surface area (TPSA) is 58.7 Å². The summed E-state index contributed by atoms with van der Waals surface area (Å²) in [5.41, 5.74) is 4.24. The lowest BCUT2D eigenvalue weighted by Crippen LogP contribution is -2.33. The molecule has 2 amide bonds. The summed E-state index contributed by atoms with van der Waals surface area (Å²) >= 11 is 0. The summed E-state index contributed by atoms with van der Waals surface area (Å²) < 4.78 is 51.6. The van der Waals surface area contributed by atoms with Crippen molar-refractivity contribution in [1.29, 1.82) is 0 Å². The number of amidine groups is 1. The predicted molar refractivity (Wildman–Crippen MR) is 66.7 cm³/mol. The van der Waals surface area contributed by atoms with Crippen molar-refractivity contribution >= 4 is 11.9 Å². The Kier molecular flexibility index (Phi) is 3.60. The number of alkyl halides is 3. The van der Waals surface area contributed by atoms with Crippen molar-refractivity contribution in [1.82, 2.24) is 4.90 Å². The number of nitrogens with zero attached hydrogens (tertiary/aromatic N) is 2. The molecule has 1 aromatic rings. The number of halogens is 4. The van der Waals surface area contributed by atoms with E-state index in [9.17, 15) is 22.4 Å². The second-order valence-corrected chi connectivity index (χ2v) is 4.32. The van der Waals surface area contributed by atoms with Crippen LogP contribution in [0.1, 0.15) is 17.2 Å². The third kappa shape index (κ3) is 2.81. The minimum Gasteiger partial charge on any atom is -0.385 e. The first-order valence-corrected chi connectivity index (χ1v) is 5.70. The van der Waals surface area contributed by atoms with Crippen LogP contribution >= 0.6 is 0 Å². The molecule has 8 heteroatoms. The molecule has 1 aliphatic rings. The molecule has 2 rings (SSSR count). The first-order chi connectivity index (χ1) is 9.74. The maximum Gasteiger partial charge on any atom is 0.416 e. The van der Waals surface area contributed by atoms with Crippen LogP contribution in [0.2, 0.25) is 0 Å². The third-order valence-corrected chi connectivity index (χ3v) is 2.89. The summed E-state index contributed by atoms with van der Waals surface area (Å²) in [6.45, 7) is -0.203. The molecule has 1 atom stereocenters. The average Bonchev–Trinajstić information content (AvgIpc) is 2.63. The SMILES string of the molecule is C#CCN1C(=O)N=C(N)C1c1cc(F)cc(C(F)(F)F)c1. The molecule has 0 saturated carbocycles. The molecule has 0 bridgehead atoms. The van der Waals surface area contributed by atoms with Gasteiger partial charge in [0.25, 0.3) is 0 Å². The van der Waals surface area contributed by atoms with E-state index >= 15 is 0 Å². The Bertz CT molecular complexity index is 660. The van der Waals surface area contributed by atoms with Crippen molar-refractivity contribution in [2.75, 3.05) is 6.54 Å². The van der Waals surface area contributed by atoms with Gasteiger partial charge in [0.2, 0.25) is 0 Å². The largest absolute Gasteiger partial charge is 0.416 e. The zero-order chi connectivity index (χ0) is 15.8. The summed E-state index contributed by atoms with van der Waals surface area (Å²) in [6, 6.07) is 0.0699. The number of hydrogen-bond donors (Lipinski definition) is 1. The van der Waals surface area contributed by atoms with Gasteiger partial charge in [0.05, 0.1) is 12.1 Å². The van der Waals surface area contributed by atoms with E-state index in [0.29, 0.717) is 6.07 Å². The van der Waals surface area contributed by atoms with Crippen molar-refractivity contribution in [2.45, 2.75) is 12.2 Å². The van der Waals surface area contributed by atoms with Gasteiger partial charge < -0.3 is 5.73 Å². The fourth-order valence-electron chi connectivity index (χ4n) is 2.05. The molecule has 1 unspecified atom stereocenters. The number of terminal acetylenes is 1. The highest BCUT2D eigenvalue weighted by molar-refractivity contribution is 6.03. The summed E-state index contributed by atoms with van der Waals surface area (Å²) in [7, 11) is 0. The van der Waals surface area contributed by atoms with Crippen LogP contribution in [0, 0.1) is 18.2 Å². The van der Waals surface area contributed by atoms with Crippen LogP contribution in [0.15, 0.2) is 23.2 Å². The second-order valence-electron chi connectivity index (χ2n) is 4.32. The molecule has 0 aromatic heterocycles. The Morgan fingerprint density at radius 2 is 2.05 bits per heavy atom. The van der Waals surface area contributed by atoms with Gasteiger partial charge in [-0.3, -0.25) is 4.90 Å². The van der Waals surface area contributed by atoms with Crippen LogP contribution in [-0.2, 0) is 6.18 Å². The highest BCUT2D eigenvalue weighted by Crippen LogP contribution is 2.34. The fourth-order valence-corrected chi connectivity index (χ4v) is 2.05. The van der Waals surface area contributed by atoms with Gasteiger partial charge in [0, 0.05) is 0 Å². The summed E-state index contributed by atoms with van der Waals surface area (Å²) in [4.78, 5) is 16.0. The highest BCUT2D eigenvalue weighted by atomic mass is 19.4. The summed E-state index contributed by atoms with van der Waals surface area (Å²) in [5, 5.41) is 0. The average molecular weight is 299 g/mol. The maximum atomic E-state index is 13.4. The quantitative estimate of drug-likeness (QED) is 0.673. The van der Waals surface area contributed by atoms with Crippen molar-refractivity contribution in [3.8, 4) is 12.3 Å². The first-order valence-electron chi connectivity index (χ1n) is 5.70. The number of nitrogens with two attached hydrogens (primary N) is 1. The van der Waals surface area contributed by atoms with Crippen LogP contribution in [0.3, 0.4) is 0 Å². The van der Waals surface area contributed by atoms with E-state index in [1.165, 1.54) is 0 Å². The van der Waals surface area contributed by atoms with Crippen molar-refractivity contribution < 1.29 is 22.4 Å². The van der Waals surface area contributed by atoms with E-state index in [-0.39, 0.29) is 17.9 Å². The lowest BCUT2D eigenvalue weighted by molar-refractivity contribution is -0.137. The second kappa shape index (κ2) is 5.09. The maximum absolute atomic E-state index is 13.4. The molecule has 0 saturated heterocycles. The molecule has 0 aliphatic carbocycles. The Hall–Kier alpha value is -2.56. The molecular formula is C13H9F4N3O. The van der Waals surface area contributed by atoms with Gasteiger partial charge in [-0.15, -0.1) is 6.42 Å². The zero-order valence-electron chi connectivity index (χ0n) is 10.5. The molecule has 4 nitrogen and oxygen atoms in total. The highest BCUT2D eigenvalue weighted by Gasteiger charge is 2.37. The van der Waals surface area contributed by atoms with Gasteiger partial charge in [-0.05, 0) is 23.8 Å². The standard InChI is InChI=1S/C13H9F4N3O/c1-2-3-20-10(11(18)19-12(20)21)7-4-8(13(15,16)17)6-9(14)5-7/h1,4-6,10H,3H2,(H2,18,19,21). The number of hydrogen-bond acceptors (Lipinski definition) is 2. The van der Waals surface area contributed by atoms with Crippen LogP contribution < -0.4 is 5.73 Å². The van der Waals surface area contributed by atoms with Gasteiger partial charge in [0.15, 0.2) is 0 Å². The monoisotopic (exact) mass is 299 g/mol. The van der Waals surface area contributed by atoms with Crippen LogP contribution in [0.4, 0.5) is 22.4 Å². The molecule has 0 radical (unpaired) electrons. The van der Waals surface area contributed by atoms with Gasteiger partial charge in [0.1, 0.15) is 17.7 Å². The minimum absolute atomic E-state index is 0.135. The fraction of sp³-hybridized carbons (Fsp3) is 0.231. The molecule has 0 spiro atoms. The van der Waals surface area contributed by atoms with E-state index < -0.39 is 29.6 Å². The van der Waals surface area contributed by atoms with Crippen LogP contribution in [0.5, 0.6) is 0 Å². The van der Waals surface area contributed by atoms with E-state index in [1.807, 2.05) is 0 Å². The van der Waals surface area contributed by atoms with Crippen molar-refractivity contribution in [3.05, 3.63) is 35.1 Å². The molecule has 2 N–H and O–H groups in total. The van der Waals surface area contributed by atoms with Crippen molar-refractivity contribution in [3.63, 3.8) is 0 Å². The number of carbonyl (C=O) groups excluding carboxylic acids is 1. The zero-order valence-corrected chi connectivity index (χ0v) is 10.5. The van der Waals surface area contributed by atoms with Gasteiger partial charge in [-0.1, -0.05) is 5.92 Å². The number of amides is 2. The molecule has 1 heterocycles. The molecule has 110 valence electrons. The smallest absolute Gasteiger partial charge is 0.385 e. The Labute approximate surface area is 117 Å². The van der Waals surface area contributed by atoms with E-state index in [0.717, 1.165) is 17.0 Å². The molecule has 1 aromatic carbocycles. The van der Waals surface area contributed by atoms with E-state index in [2.05, 4.69) is 10.9 Å². The van der Waals surface area contributed by atoms with Gasteiger partial charge in [-0.2, -0.15) is 18.2 Å². The molecular weight excluding hydrogens is 290 g/mol. The van der Waals surface area contributed by atoms with Gasteiger partial charge in [-0.25, -0.2) is 9.18 Å². The molecule has 1 aliphatic heterocycles.